The van der Waals surface area contributed by atoms with E-state index in [2.05, 4.69) is 10.9 Å². The summed E-state index contributed by atoms with van der Waals surface area (Å²) in [5.74, 6) is 0.619. The van der Waals surface area contributed by atoms with Crippen molar-refractivity contribution in [1.82, 2.24) is 10.9 Å². The predicted octanol–water partition coefficient (Wildman–Crippen LogP) is 2.57. The molecule has 0 atom stereocenters. The molecule has 0 heterocycles. The van der Waals surface area contributed by atoms with Crippen LogP contribution in [0.4, 0.5) is 0 Å². The van der Waals surface area contributed by atoms with Gasteiger partial charge in [-0.2, -0.15) is 0 Å². The molecule has 0 fully saturated rings. The highest BCUT2D eigenvalue weighted by atomic mass is 16.5. The topological polar surface area (TPSA) is 85.9 Å². The van der Waals surface area contributed by atoms with Crippen molar-refractivity contribution in [3.05, 3.63) is 53.6 Å². The van der Waals surface area contributed by atoms with Gasteiger partial charge in [-0.15, -0.1) is 0 Å². The number of rotatable bonds is 7. The molecule has 7 nitrogen and oxygen atoms in total. The van der Waals surface area contributed by atoms with Gasteiger partial charge >= 0.3 is 0 Å². The largest absolute Gasteiger partial charge is 0.494 e. The van der Waals surface area contributed by atoms with Crippen LogP contribution in [0.2, 0.25) is 0 Å². The maximum atomic E-state index is 12.2. The monoisotopic (exact) mass is 358 g/mol. The van der Waals surface area contributed by atoms with E-state index in [-0.39, 0.29) is 0 Å². The van der Waals surface area contributed by atoms with E-state index in [4.69, 9.17) is 14.2 Å². The third kappa shape index (κ3) is 4.89. The van der Waals surface area contributed by atoms with Crippen LogP contribution >= 0.6 is 0 Å². The molecule has 2 amide bonds. The van der Waals surface area contributed by atoms with Gasteiger partial charge in [0.05, 0.1) is 20.8 Å². The van der Waals surface area contributed by atoms with Crippen molar-refractivity contribution in [2.75, 3.05) is 20.8 Å². The van der Waals surface area contributed by atoms with Crippen LogP contribution in [0.15, 0.2) is 42.5 Å². The van der Waals surface area contributed by atoms with Crippen LogP contribution < -0.4 is 25.1 Å². The molecule has 0 aliphatic heterocycles. The van der Waals surface area contributed by atoms with Crippen molar-refractivity contribution in [2.24, 2.45) is 0 Å². The molecule has 0 aliphatic carbocycles. The molecular weight excluding hydrogens is 336 g/mol. The number of hydrogen-bond donors (Lipinski definition) is 2. The highest BCUT2D eigenvalue weighted by Gasteiger charge is 2.12. The molecular formula is C19H22N2O5. The summed E-state index contributed by atoms with van der Waals surface area (Å²) < 4.78 is 15.8. The molecule has 7 heteroatoms. The first-order valence-electron chi connectivity index (χ1n) is 8.14. The second-order valence-electron chi connectivity index (χ2n) is 5.35. The molecule has 0 unspecified atom stereocenters. The Morgan fingerprint density at radius 1 is 0.885 bits per heavy atom. The zero-order chi connectivity index (χ0) is 18.9. The third-order valence-electron chi connectivity index (χ3n) is 3.50. The van der Waals surface area contributed by atoms with Gasteiger partial charge in [-0.05, 0) is 42.8 Å². The molecule has 0 aliphatic rings. The van der Waals surface area contributed by atoms with Gasteiger partial charge in [0.15, 0.2) is 11.5 Å². The van der Waals surface area contributed by atoms with Crippen molar-refractivity contribution in [3.63, 3.8) is 0 Å². The van der Waals surface area contributed by atoms with Gasteiger partial charge in [0.1, 0.15) is 5.75 Å². The van der Waals surface area contributed by atoms with Gasteiger partial charge < -0.3 is 14.2 Å². The second kappa shape index (κ2) is 9.31. The van der Waals surface area contributed by atoms with E-state index >= 15 is 0 Å². The van der Waals surface area contributed by atoms with Crippen molar-refractivity contribution in [3.8, 4) is 17.2 Å². The van der Waals surface area contributed by atoms with Gasteiger partial charge in [0.25, 0.3) is 11.8 Å². The van der Waals surface area contributed by atoms with Crippen LogP contribution in [0.1, 0.15) is 34.1 Å². The average Bonchev–Trinajstić information content (AvgIpc) is 2.69. The maximum Gasteiger partial charge on any atom is 0.269 e. The highest BCUT2D eigenvalue weighted by Crippen LogP contribution is 2.27. The number of methoxy groups -OCH3 is 2. The summed E-state index contributed by atoms with van der Waals surface area (Å²) in [6.45, 7) is 2.57. The molecule has 2 rings (SSSR count). The molecule has 0 radical (unpaired) electrons. The number of benzene rings is 2. The lowest BCUT2D eigenvalue weighted by molar-refractivity contribution is 0.0846. The second-order valence-corrected chi connectivity index (χ2v) is 5.35. The third-order valence-corrected chi connectivity index (χ3v) is 3.50. The summed E-state index contributed by atoms with van der Waals surface area (Å²) in [6.07, 6.45) is 0.873. The minimum absolute atomic E-state index is 0.322. The molecule has 26 heavy (non-hydrogen) atoms. The summed E-state index contributed by atoms with van der Waals surface area (Å²) in [7, 11) is 2.99. The lowest BCUT2D eigenvalue weighted by Crippen LogP contribution is -2.41. The maximum absolute atomic E-state index is 12.2. The number of carbonyl (C=O) groups excluding carboxylic acids is 2. The summed E-state index contributed by atoms with van der Waals surface area (Å²) in [6, 6.07) is 11.5. The van der Waals surface area contributed by atoms with Gasteiger partial charge in [-0.1, -0.05) is 13.0 Å². The fraction of sp³-hybridized carbons (Fsp3) is 0.263. The Kier molecular flexibility index (Phi) is 6.84. The molecule has 2 aromatic carbocycles. The SMILES string of the molecule is CCCOc1cccc(C(=O)NNC(=O)c2ccc(OC)c(OC)c2)c1. The van der Waals surface area contributed by atoms with Gasteiger partial charge in [-0.3, -0.25) is 20.4 Å². The lowest BCUT2D eigenvalue weighted by Gasteiger charge is -2.11. The molecule has 138 valence electrons. The zero-order valence-corrected chi connectivity index (χ0v) is 15.0. The Bertz CT molecular complexity index is 776. The fourth-order valence-electron chi connectivity index (χ4n) is 2.18. The first kappa shape index (κ1) is 19.1. The normalized spacial score (nSPS) is 9.96. The number of amides is 2. The molecule has 2 aromatic rings. The average molecular weight is 358 g/mol. The van der Waals surface area contributed by atoms with Crippen LogP contribution in [-0.4, -0.2) is 32.6 Å². The molecule has 0 bridgehead atoms. The summed E-state index contributed by atoms with van der Waals surface area (Å²) in [5.41, 5.74) is 5.46. The summed E-state index contributed by atoms with van der Waals surface area (Å²) in [4.78, 5) is 24.4. The van der Waals surface area contributed by atoms with Crippen molar-refractivity contribution < 1.29 is 23.8 Å². The molecule has 2 N–H and O–H groups in total. The first-order valence-corrected chi connectivity index (χ1v) is 8.14. The smallest absolute Gasteiger partial charge is 0.269 e. The van der Waals surface area contributed by atoms with E-state index in [9.17, 15) is 9.59 Å². The van der Waals surface area contributed by atoms with E-state index in [0.717, 1.165) is 6.42 Å². The van der Waals surface area contributed by atoms with Crippen LogP contribution in [0.5, 0.6) is 17.2 Å². The number of ether oxygens (including phenoxy) is 3. The quantitative estimate of drug-likeness (QED) is 0.743. The highest BCUT2D eigenvalue weighted by molar-refractivity contribution is 5.99. The fourth-order valence-corrected chi connectivity index (χ4v) is 2.18. The van der Waals surface area contributed by atoms with E-state index in [1.165, 1.54) is 20.3 Å². The minimum Gasteiger partial charge on any atom is -0.494 e. The Labute approximate surface area is 152 Å². The Hall–Kier alpha value is -3.22. The van der Waals surface area contributed by atoms with Crippen LogP contribution in [-0.2, 0) is 0 Å². The number of hydrogen-bond acceptors (Lipinski definition) is 5. The molecule has 0 aromatic heterocycles. The molecule has 0 spiro atoms. The Morgan fingerprint density at radius 2 is 1.54 bits per heavy atom. The van der Waals surface area contributed by atoms with Gasteiger partial charge in [0, 0.05) is 11.1 Å². The van der Waals surface area contributed by atoms with E-state index in [1.54, 1.807) is 36.4 Å². The lowest BCUT2D eigenvalue weighted by atomic mass is 10.2. The molecule has 0 saturated carbocycles. The first-order chi connectivity index (χ1) is 12.6. The minimum atomic E-state index is -0.474. The number of hydrazine groups is 1. The van der Waals surface area contributed by atoms with Crippen molar-refractivity contribution >= 4 is 11.8 Å². The zero-order valence-electron chi connectivity index (χ0n) is 15.0. The van der Waals surface area contributed by atoms with Crippen LogP contribution in [0.3, 0.4) is 0 Å². The van der Waals surface area contributed by atoms with Crippen molar-refractivity contribution in [2.45, 2.75) is 13.3 Å². The van der Waals surface area contributed by atoms with Crippen LogP contribution in [0, 0.1) is 0 Å². The Balaban J connectivity index is 1.99. The van der Waals surface area contributed by atoms with Gasteiger partial charge in [0.2, 0.25) is 0 Å². The Morgan fingerprint density at radius 3 is 2.15 bits per heavy atom. The van der Waals surface area contributed by atoms with Crippen LogP contribution in [0.25, 0.3) is 0 Å². The van der Waals surface area contributed by atoms with E-state index in [0.29, 0.717) is 35.0 Å². The number of nitrogens with one attached hydrogen (secondary N) is 2. The standard InChI is InChI=1S/C19H22N2O5/c1-4-10-26-15-7-5-6-13(11-15)18(22)20-21-19(23)14-8-9-16(24-2)17(12-14)25-3/h5-9,11-12H,4,10H2,1-3H3,(H,20,22)(H,21,23). The van der Waals surface area contributed by atoms with Crippen molar-refractivity contribution in [1.29, 1.82) is 0 Å². The van der Waals surface area contributed by atoms with Gasteiger partial charge in [-0.25, -0.2) is 0 Å². The predicted molar refractivity (Wildman–Crippen MR) is 96.7 cm³/mol. The van der Waals surface area contributed by atoms with E-state index < -0.39 is 11.8 Å². The van der Waals surface area contributed by atoms with E-state index in [1.807, 2.05) is 6.92 Å². The molecule has 0 saturated heterocycles. The summed E-state index contributed by atoms with van der Waals surface area (Å²) >= 11 is 0. The summed E-state index contributed by atoms with van der Waals surface area (Å²) in [5, 5.41) is 0. The number of carbonyl (C=O) groups is 2.